The standard InChI is InChI=1S/C15H12Cl2N2O/c16-11-2-1-3-13(14(11)17)19-15(20)10-4-5-12-9(8-10)6-7-18-12/h1-5,8,18H,6-7H2,(H,19,20). The van der Waals surface area contributed by atoms with Crippen molar-refractivity contribution in [3.05, 3.63) is 57.6 Å². The van der Waals surface area contributed by atoms with Crippen LogP contribution in [0.1, 0.15) is 15.9 Å². The highest BCUT2D eigenvalue weighted by atomic mass is 35.5. The number of nitrogens with one attached hydrogen (secondary N) is 2. The highest BCUT2D eigenvalue weighted by Crippen LogP contribution is 2.30. The number of hydrogen-bond donors (Lipinski definition) is 2. The van der Waals surface area contributed by atoms with E-state index in [1.165, 1.54) is 0 Å². The highest BCUT2D eigenvalue weighted by Gasteiger charge is 2.14. The van der Waals surface area contributed by atoms with Crippen molar-refractivity contribution in [2.75, 3.05) is 17.2 Å². The van der Waals surface area contributed by atoms with Gasteiger partial charge in [0.1, 0.15) is 0 Å². The summed E-state index contributed by atoms with van der Waals surface area (Å²) in [5.41, 5.74) is 3.39. The van der Waals surface area contributed by atoms with E-state index < -0.39 is 0 Å². The van der Waals surface area contributed by atoms with Gasteiger partial charge in [0.25, 0.3) is 5.91 Å². The average Bonchev–Trinajstić information content (AvgIpc) is 2.91. The van der Waals surface area contributed by atoms with E-state index in [9.17, 15) is 4.79 Å². The van der Waals surface area contributed by atoms with Crippen LogP contribution >= 0.6 is 23.2 Å². The number of halogens is 2. The van der Waals surface area contributed by atoms with Crippen LogP contribution in [0.3, 0.4) is 0 Å². The first kappa shape index (κ1) is 13.3. The molecule has 1 aliphatic rings. The second-order valence-corrected chi connectivity index (χ2v) is 5.39. The molecule has 0 unspecified atom stereocenters. The van der Waals surface area contributed by atoms with Crippen LogP contribution in [0, 0.1) is 0 Å². The van der Waals surface area contributed by atoms with Crippen LogP contribution in [0.5, 0.6) is 0 Å². The van der Waals surface area contributed by atoms with Crippen molar-refractivity contribution >= 4 is 40.5 Å². The van der Waals surface area contributed by atoms with Crippen LogP contribution in [0.4, 0.5) is 11.4 Å². The van der Waals surface area contributed by atoms with Gasteiger partial charge in [-0.05, 0) is 42.3 Å². The Morgan fingerprint density at radius 1 is 1.20 bits per heavy atom. The number of rotatable bonds is 2. The van der Waals surface area contributed by atoms with Crippen molar-refractivity contribution in [2.45, 2.75) is 6.42 Å². The molecule has 0 aromatic heterocycles. The molecular weight excluding hydrogens is 295 g/mol. The van der Waals surface area contributed by atoms with Gasteiger partial charge in [-0.2, -0.15) is 0 Å². The SMILES string of the molecule is O=C(Nc1cccc(Cl)c1Cl)c1ccc2c(c1)CCN2. The summed E-state index contributed by atoms with van der Waals surface area (Å²) in [4.78, 5) is 12.2. The number of anilines is 2. The number of amides is 1. The van der Waals surface area contributed by atoms with Crippen LogP contribution < -0.4 is 10.6 Å². The number of benzene rings is 2. The van der Waals surface area contributed by atoms with Gasteiger partial charge in [0, 0.05) is 17.8 Å². The average molecular weight is 307 g/mol. The molecule has 0 saturated carbocycles. The summed E-state index contributed by atoms with van der Waals surface area (Å²) in [7, 11) is 0. The first-order valence-corrected chi connectivity index (χ1v) is 7.03. The summed E-state index contributed by atoms with van der Waals surface area (Å²) >= 11 is 12.0. The van der Waals surface area contributed by atoms with E-state index in [4.69, 9.17) is 23.2 Å². The molecule has 0 atom stereocenters. The third-order valence-electron chi connectivity index (χ3n) is 3.28. The second kappa shape index (κ2) is 5.35. The molecule has 2 aromatic carbocycles. The normalized spacial score (nSPS) is 12.7. The summed E-state index contributed by atoms with van der Waals surface area (Å²) in [5.74, 6) is -0.191. The Morgan fingerprint density at radius 2 is 2.05 bits per heavy atom. The van der Waals surface area contributed by atoms with Crippen LogP contribution in [0.25, 0.3) is 0 Å². The molecule has 102 valence electrons. The number of carbonyl (C=O) groups excluding carboxylic acids is 1. The van der Waals surface area contributed by atoms with Crippen molar-refractivity contribution in [3.8, 4) is 0 Å². The quantitative estimate of drug-likeness (QED) is 0.872. The van der Waals surface area contributed by atoms with E-state index in [1.54, 1.807) is 24.3 Å². The Hall–Kier alpha value is -1.71. The summed E-state index contributed by atoms with van der Waals surface area (Å²) in [6.07, 6.45) is 0.939. The smallest absolute Gasteiger partial charge is 0.255 e. The van der Waals surface area contributed by atoms with Gasteiger partial charge in [0.2, 0.25) is 0 Å². The summed E-state index contributed by atoms with van der Waals surface area (Å²) < 4.78 is 0. The Labute approximate surface area is 126 Å². The Kier molecular flexibility index (Phi) is 3.55. The molecule has 1 aliphatic heterocycles. The highest BCUT2D eigenvalue weighted by molar-refractivity contribution is 6.44. The third kappa shape index (κ3) is 2.47. The van der Waals surface area contributed by atoms with Crippen LogP contribution in [-0.2, 0) is 6.42 Å². The minimum Gasteiger partial charge on any atom is -0.384 e. The predicted octanol–water partition coefficient (Wildman–Crippen LogP) is 4.21. The van der Waals surface area contributed by atoms with Gasteiger partial charge in [-0.3, -0.25) is 4.79 Å². The molecule has 3 nitrogen and oxygen atoms in total. The van der Waals surface area contributed by atoms with Gasteiger partial charge in [-0.15, -0.1) is 0 Å². The second-order valence-electron chi connectivity index (χ2n) is 4.60. The molecule has 1 amide bonds. The van der Waals surface area contributed by atoms with E-state index in [0.717, 1.165) is 24.2 Å². The lowest BCUT2D eigenvalue weighted by Crippen LogP contribution is -2.12. The van der Waals surface area contributed by atoms with Gasteiger partial charge in [-0.1, -0.05) is 29.3 Å². The molecular formula is C15H12Cl2N2O. The lowest BCUT2D eigenvalue weighted by Gasteiger charge is -2.09. The van der Waals surface area contributed by atoms with E-state index in [0.29, 0.717) is 21.3 Å². The molecule has 2 aromatic rings. The number of carbonyl (C=O) groups is 1. The molecule has 5 heteroatoms. The van der Waals surface area contributed by atoms with Crippen LogP contribution in [0.15, 0.2) is 36.4 Å². The topological polar surface area (TPSA) is 41.1 Å². The zero-order valence-corrected chi connectivity index (χ0v) is 12.1. The van der Waals surface area contributed by atoms with Crippen molar-refractivity contribution in [2.24, 2.45) is 0 Å². The number of hydrogen-bond acceptors (Lipinski definition) is 2. The van der Waals surface area contributed by atoms with Gasteiger partial charge < -0.3 is 10.6 Å². The molecule has 0 spiro atoms. The summed E-state index contributed by atoms with van der Waals surface area (Å²) in [5, 5.41) is 6.82. The Morgan fingerprint density at radius 3 is 2.90 bits per heavy atom. The van der Waals surface area contributed by atoms with Gasteiger partial charge >= 0.3 is 0 Å². The third-order valence-corrected chi connectivity index (χ3v) is 4.10. The predicted molar refractivity (Wildman–Crippen MR) is 83.1 cm³/mol. The molecule has 0 radical (unpaired) electrons. The minimum atomic E-state index is -0.191. The van der Waals surface area contributed by atoms with E-state index >= 15 is 0 Å². The monoisotopic (exact) mass is 306 g/mol. The van der Waals surface area contributed by atoms with Crippen molar-refractivity contribution in [1.82, 2.24) is 0 Å². The molecule has 0 aliphatic carbocycles. The maximum Gasteiger partial charge on any atom is 0.255 e. The lowest BCUT2D eigenvalue weighted by atomic mass is 10.1. The molecule has 0 saturated heterocycles. The zero-order chi connectivity index (χ0) is 14.1. The fraction of sp³-hybridized carbons (Fsp3) is 0.133. The minimum absolute atomic E-state index is 0.191. The van der Waals surface area contributed by atoms with Crippen molar-refractivity contribution in [3.63, 3.8) is 0 Å². The maximum absolute atomic E-state index is 12.2. The number of fused-ring (bicyclic) bond motifs is 1. The van der Waals surface area contributed by atoms with Gasteiger partial charge in [0.15, 0.2) is 0 Å². The largest absolute Gasteiger partial charge is 0.384 e. The molecule has 0 fully saturated rings. The Balaban J connectivity index is 1.84. The van der Waals surface area contributed by atoms with Gasteiger partial charge in [0.05, 0.1) is 15.7 Å². The van der Waals surface area contributed by atoms with E-state index in [1.807, 2.05) is 12.1 Å². The van der Waals surface area contributed by atoms with Gasteiger partial charge in [-0.25, -0.2) is 0 Å². The van der Waals surface area contributed by atoms with Crippen LogP contribution in [0.2, 0.25) is 10.0 Å². The molecule has 3 rings (SSSR count). The molecule has 2 N–H and O–H groups in total. The fourth-order valence-corrected chi connectivity index (χ4v) is 2.59. The van der Waals surface area contributed by atoms with Crippen molar-refractivity contribution in [1.29, 1.82) is 0 Å². The molecule has 0 bridgehead atoms. The van der Waals surface area contributed by atoms with Crippen molar-refractivity contribution < 1.29 is 4.79 Å². The first-order valence-electron chi connectivity index (χ1n) is 6.27. The maximum atomic E-state index is 12.2. The lowest BCUT2D eigenvalue weighted by molar-refractivity contribution is 0.102. The first-order chi connectivity index (χ1) is 9.65. The van der Waals surface area contributed by atoms with Crippen LogP contribution in [-0.4, -0.2) is 12.5 Å². The summed E-state index contributed by atoms with van der Waals surface area (Å²) in [6.45, 7) is 0.917. The molecule has 1 heterocycles. The zero-order valence-electron chi connectivity index (χ0n) is 10.5. The molecule has 20 heavy (non-hydrogen) atoms. The Bertz CT molecular complexity index is 686. The van der Waals surface area contributed by atoms with E-state index in [2.05, 4.69) is 10.6 Å². The summed E-state index contributed by atoms with van der Waals surface area (Å²) in [6, 6.07) is 10.8. The van der Waals surface area contributed by atoms with E-state index in [-0.39, 0.29) is 5.91 Å². The fourth-order valence-electron chi connectivity index (χ4n) is 2.24.